The number of rotatable bonds is 8. The van der Waals surface area contributed by atoms with E-state index in [1.54, 1.807) is 7.11 Å². The van der Waals surface area contributed by atoms with E-state index in [1.165, 1.54) is 4.31 Å². The van der Waals surface area contributed by atoms with E-state index in [4.69, 9.17) is 4.74 Å². The number of sulfone groups is 1. The van der Waals surface area contributed by atoms with Crippen LogP contribution >= 0.6 is 0 Å². The van der Waals surface area contributed by atoms with Gasteiger partial charge in [0.25, 0.3) is 0 Å². The molecule has 0 aromatic rings. The number of hydrogen-bond donors (Lipinski definition) is 1. The molecule has 1 unspecified atom stereocenters. The Morgan fingerprint density at radius 2 is 1.95 bits per heavy atom. The summed E-state index contributed by atoms with van der Waals surface area (Å²) in [7, 11) is -5.71. The second-order valence-electron chi connectivity index (χ2n) is 5.11. The highest BCUT2D eigenvalue weighted by molar-refractivity contribution is 8.06. The quantitative estimate of drug-likeness (QED) is 0.599. The van der Waals surface area contributed by atoms with Crippen molar-refractivity contribution in [1.82, 2.24) is 9.62 Å². The molecule has 1 atom stereocenters. The zero-order valence-corrected chi connectivity index (χ0v) is 13.7. The van der Waals surface area contributed by atoms with E-state index >= 15 is 0 Å². The van der Waals surface area contributed by atoms with Gasteiger partial charge in [-0.05, 0) is 12.8 Å². The smallest absolute Gasteiger partial charge is 0.228 e. The van der Waals surface area contributed by atoms with Crippen molar-refractivity contribution in [3.05, 3.63) is 0 Å². The standard InChI is InChI=1S/C11H24N2O5S2/c1-18-8-6-12-9-11-5-3-4-7-13(11)20(16,17)10-19(2,14)15/h11-12H,3-10H2,1-2H3. The van der Waals surface area contributed by atoms with Crippen molar-refractivity contribution >= 4 is 19.9 Å². The second kappa shape index (κ2) is 7.69. The molecule has 0 radical (unpaired) electrons. The fourth-order valence-electron chi connectivity index (χ4n) is 2.33. The van der Waals surface area contributed by atoms with Crippen LogP contribution in [0.3, 0.4) is 0 Å². The Morgan fingerprint density at radius 1 is 1.25 bits per heavy atom. The molecule has 0 spiro atoms. The fourth-order valence-corrected chi connectivity index (χ4v) is 6.07. The van der Waals surface area contributed by atoms with Gasteiger partial charge in [0.1, 0.15) is 0 Å². The molecule has 0 amide bonds. The number of methoxy groups -OCH3 is 1. The van der Waals surface area contributed by atoms with Crippen molar-refractivity contribution < 1.29 is 21.6 Å². The highest BCUT2D eigenvalue weighted by atomic mass is 32.3. The van der Waals surface area contributed by atoms with Crippen molar-refractivity contribution in [2.75, 3.05) is 44.7 Å². The average Bonchev–Trinajstić information content (AvgIpc) is 2.32. The van der Waals surface area contributed by atoms with Gasteiger partial charge in [0.05, 0.1) is 6.61 Å². The van der Waals surface area contributed by atoms with Crippen LogP contribution in [0.15, 0.2) is 0 Å². The summed E-state index contributed by atoms with van der Waals surface area (Å²) in [4.78, 5) is 0. The van der Waals surface area contributed by atoms with Gasteiger partial charge in [-0.2, -0.15) is 4.31 Å². The molecular formula is C11H24N2O5S2. The van der Waals surface area contributed by atoms with Crippen molar-refractivity contribution in [2.24, 2.45) is 0 Å². The van der Waals surface area contributed by atoms with Gasteiger partial charge in [0.15, 0.2) is 14.9 Å². The Balaban J connectivity index is 2.68. The van der Waals surface area contributed by atoms with Crippen molar-refractivity contribution in [3.63, 3.8) is 0 Å². The number of nitrogens with zero attached hydrogens (tertiary/aromatic N) is 1. The summed E-state index contributed by atoms with van der Waals surface area (Å²) in [6.45, 7) is 2.12. The molecule has 0 bridgehead atoms. The SMILES string of the molecule is COCCNCC1CCCCN1S(=O)(=O)CS(C)(=O)=O. The van der Waals surface area contributed by atoms with Gasteiger partial charge in [-0.25, -0.2) is 16.8 Å². The normalized spacial score (nSPS) is 22.0. The molecule has 1 N–H and O–H groups in total. The zero-order valence-electron chi connectivity index (χ0n) is 12.0. The molecule has 1 saturated heterocycles. The van der Waals surface area contributed by atoms with E-state index in [2.05, 4.69) is 5.32 Å². The molecule has 120 valence electrons. The lowest BCUT2D eigenvalue weighted by molar-refractivity contribution is 0.191. The van der Waals surface area contributed by atoms with Crippen LogP contribution < -0.4 is 5.32 Å². The third kappa shape index (κ3) is 6.04. The van der Waals surface area contributed by atoms with E-state index in [9.17, 15) is 16.8 Å². The Labute approximate surface area is 121 Å². The van der Waals surface area contributed by atoms with Crippen LogP contribution in [0.25, 0.3) is 0 Å². The van der Waals surface area contributed by atoms with Crippen molar-refractivity contribution in [2.45, 2.75) is 25.3 Å². The number of sulfonamides is 1. The Morgan fingerprint density at radius 3 is 2.55 bits per heavy atom. The summed E-state index contributed by atoms with van der Waals surface area (Å²) in [6.07, 6.45) is 3.43. The molecule has 0 saturated carbocycles. The van der Waals surface area contributed by atoms with Gasteiger partial charge in [0, 0.05) is 39.0 Å². The van der Waals surface area contributed by atoms with Gasteiger partial charge < -0.3 is 10.1 Å². The van der Waals surface area contributed by atoms with Crippen LogP contribution in [0.2, 0.25) is 0 Å². The van der Waals surface area contributed by atoms with Gasteiger partial charge in [-0.15, -0.1) is 0 Å². The van der Waals surface area contributed by atoms with E-state index in [1.807, 2.05) is 0 Å². The highest BCUT2D eigenvalue weighted by Crippen LogP contribution is 2.21. The minimum absolute atomic E-state index is 0.174. The van der Waals surface area contributed by atoms with E-state index in [0.29, 0.717) is 26.2 Å². The second-order valence-corrected chi connectivity index (χ2v) is 9.54. The molecular weight excluding hydrogens is 304 g/mol. The largest absolute Gasteiger partial charge is 0.383 e. The molecule has 1 rings (SSSR count). The van der Waals surface area contributed by atoms with Crippen LogP contribution in [-0.4, -0.2) is 71.9 Å². The first kappa shape index (κ1) is 17.8. The predicted octanol–water partition coefficient (Wildman–Crippen LogP) is -0.591. The third-order valence-corrected chi connectivity index (χ3v) is 7.26. The van der Waals surface area contributed by atoms with Crippen LogP contribution in [-0.2, 0) is 24.6 Å². The summed E-state index contributed by atoms with van der Waals surface area (Å²) in [5.41, 5.74) is 0. The topological polar surface area (TPSA) is 92.8 Å². The monoisotopic (exact) mass is 328 g/mol. The lowest BCUT2D eigenvalue weighted by Gasteiger charge is -2.34. The molecule has 1 aliphatic rings. The maximum atomic E-state index is 12.2. The molecule has 9 heteroatoms. The minimum atomic E-state index is -3.76. The molecule has 1 fully saturated rings. The van der Waals surface area contributed by atoms with E-state index < -0.39 is 24.9 Å². The highest BCUT2D eigenvalue weighted by Gasteiger charge is 2.34. The van der Waals surface area contributed by atoms with Gasteiger partial charge >= 0.3 is 0 Å². The van der Waals surface area contributed by atoms with Crippen LogP contribution in [0.5, 0.6) is 0 Å². The number of hydrogen-bond acceptors (Lipinski definition) is 6. The van der Waals surface area contributed by atoms with Crippen molar-refractivity contribution in [3.8, 4) is 0 Å². The summed E-state index contributed by atoms with van der Waals surface area (Å²) < 4.78 is 53.2. The Bertz CT molecular complexity index is 489. The molecule has 1 heterocycles. The molecule has 1 aliphatic heterocycles. The van der Waals surface area contributed by atoms with E-state index in [0.717, 1.165) is 25.5 Å². The van der Waals surface area contributed by atoms with Crippen LogP contribution in [0, 0.1) is 0 Å². The van der Waals surface area contributed by atoms with Gasteiger partial charge in [-0.1, -0.05) is 6.42 Å². The summed E-state index contributed by atoms with van der Waals surface area (Å²) in [6, 6.07) is -0.174. The molecule has 0 aliphatic carbocycles. The third-order valence-electron chi connectivity index (χ3n) is 3.16. The number of nitrogens with one attached hydrogen (secondary N) is 1. The average molecular weight is 328 g/mol. The first-order chi connectivity index (χ1) is 9.26. The predicted molar refractivity (Wildman–Crippen MR) is 77.7 cm³/mol. The van der Waals surface area contributed by atoms with Crippen LogP contribution in [0.1, 0.15) is 19.3 Å². The van der Waals surface area contributed by atoms with Gasteiger partial charge in [-0.3, -0.25) is 0 Å². The number of ether oxygens (including phenoxy) is 1. The fraction of sp³-hybridized carbons (Fsp3) is 1.00. The lowest BCUT2D eigenvalue weighted by Crippen LogP contribution is -2.50. The first-order valence-corrected chi connectivity index (χ1v) is 10.3. The molecule has 7 nitrogen and oxygen atoms in total. The lowest BCUT2D eigenvalue weighted by atomic mass is 10.1. The van der Waals surface area contributed by atoms with Crippen LogP contribution in [0.4, 0.5) is 0 Å². The zero-order chi connectivity index (χ0) is 15.2. The van der Waals surface area contributed by atoms with Gasteiger partial charge in [0.2, 0.25) is 10.0 Å². The van der Waals surface area contributed by atoms with Crippen molar-refractivity contribution in [1.29, 1.82) is 0 Å². The Kier molecular flexibility index (Phi) is 6.86. The number of piperidine rings is 1. The summed E-state index contributed by atoms with van der Waals surface area (Å²) in [5.74, 6) is 0. The molecule has 20 heavy (non-hydrogen) atoms. The summed E-state index contributed by atoms with van der Waals surface area (Å²) in [5, 5.41) is 2.33. The van der Waals surface area contributed by atoms with E-state index in [-0.39, 0.29) is 6.04 Å². The maximum absolute atomic E-state index is 12.2. The summed E-state index contributed by atoms with van der Waals surface area (Å²) >= 11 is 0. The molecule has 0 aromatic carbocycles. The Hall–Kier alpha value is -0.220. The minimum Gasteiger partial charge on any atom is -0.383 e. The molecule has 0 aromatic heterocycles. The maximum Gasteiger partial charge on any atom is 0.228 e. The first-order valence-electron chi connectivity index (χ1n) is 6.63.